The van der Waals surface area contributed by atoms with Crippen LogP contribution in [-0.4, -0.2) is 18.6 Å². The zero-order valence-electron chi connectivity index (χ0n) is 8.18. The van der Waals surface area contributed by atoms with Crippen molar-refractivity contribution in [3.8, 4) is 0 Å². The first-order valence-corrected chi connectivity index (χ1v) is 5.65. The Morgan fingerprint density at radius 3 is 2.27 bits per heavy atom. The van der Waals surface area contributed by atoms with Gasteiger partial charge in [0.2, 0.25) is 0 Å². The molecule has 0 saturated carbocycles. The van der Waals surface area contributed by atoms with Gasteiger partial charge in [0.05, 0.1) is 0 Å². The van der Waals surface area contributed by atoms with Crippen LogP contribution in [0.15, 0.2) is 0 Å². The molecule has 1 atom stereocenters. The molecule has 0 fully saturated rings. The Bertz CT molecular complexity index is 104. The Morgan fingerprint density at radius 1 is 1.45 bits per heavy atom. The molecule has 0 aliphatic carbocycles. The Morgan fingerprint density at radius 2 is 2.00 bits per heavy atom. The zero-order chi connectivity index (χ0) is 8.91. The van der Waals surface area contributed by atoms with Gasteiger partial charge in [-0.1, -0.05) is 20.8 Å². The minimum Gasteiger partial charge on any atom is -0.330 e. The second kappa shape index (κ2) is 5.04. The maximum absolute atomic E-state index is 5.74. The average Bonchev–Trinajstić information content (AvgIpc) is 2.00. The van der Waals surface area contributed by atoms with E-state index in [9.17, 15) is 0 Å². The third-order valence-electron chi connectivity index (χ3n) is 2.74. The van der Waals surface area contributed by atoms with Crippen molar-refractivity contribution < 1.29 is 0 Å². The molecule has 68 valence electrons. The molecule has 1 nitrogen and oxygen atoms in total. The van der Waals surface area contributed by atoms with Gasteiger partial charge in [0.25, 0.3) is 0 Å². The molecule has 2 N–H and O–H groups in total. The minimum absolute atomic E-state index is 0.350. The number of thioether (sulfide) groups is 1. The van der Waals surface area contributed by atoms with Crippen molar-refractivity contribution in [3.63, 3.8) is 0 Å². The van der Waals surface area contributed by atoms with Gasteiger partial charge in [-0.3, -0.25) is 0 Å². The fraction of sp³-hybridized carbons (Fsp3) is 1.00. The monoisotopic (exact) mass is 175 g/mol. The summed E-state index contributed by atoms with van der Waals surface area (Å²) in [5, 5.41) is 0. The summed E-state index contributed by atoms with van der Waals surface area (Å²) in [7, 11) is 0. The van der Waals surface area contributed by atoms with Crippen molar-refractivity contribution in [3.05, 3.63) is 0 Å². The molecular formula is C9H21NS. The van der Waals surface area contributed by atoms with E-state index in [1.807, 2.05) is 11.8 Å². The molecule has 0 rings (SSSR count). The second-order valence-electron chi connectivity index (χ2n) is 3.76. The molecule has 0 saturated heterocycles. The Kier molecular flexibility index (Phi) is 5.19. The molecule has 11 heavy (non-hydrogen) atoms. The van der Waals surface area contributed by atoms with Crippen molar-refractivity contribution in [1.29, 1.82) is 0 Å². The highest BCUT2D eigenvalue weighted by molar-refractivity contribution is 7.98. The standard InChI is InChI=1S/C9H21NS/c1-8(2)9(3,7-10)5-6-11-4/h8H,5-7,10H2,1-4H3. The van der Waals surface area contributed by atoms with Gasteiger partial charge in [-0.15, -0.1) is 0 Å². The summed E-state index contributed by atoms with van der Waals surface area (Å²) in [6.07, 6.45) is 3.39. The van der Waals surface area contributed by atoms with E-state index in [0.29, 0.717) is 11.3 Å². The molecule has 0 radical (unpaired) electrons. The van der Waals surface area contributed by atoms with Crippen LogP contribution in [-0.2, 0) is 0 Å². The Hall–Kier alpha value is 0.310. The van der Waals surface area contributed by atoms with Crippen molar-refractivity contribution in [2.45, 2.75) is 27.2 Å². The molecule has 0 aromatic carbocycles. The van der Waals surface area contributed by atoms with Crippen LogP contribution in [0.5, 0.6) is 0 Å². The third-order valence-corrected chi connectivity index (χ3v) is 3.35. The van der Waals surface area contributed by atoms with Crippen LogP contribution >= 0.6 is 11.8 Å². The summed E-state index contributed by atoms with van der Waals surface area (Å²) in [6.45, 7) is 7.61. The van der Waals surface area contributed by atoms with Gasteiger partial charge in [-0.05, 0) is 36.3 Å². The summed E-state index contributed by atoms with van der Waals surface area (Å²) in [5.41, 5.74) is 6.09. The van der Waals surface area contributed by atoms with Crippen LogP contribution in [0, 0.1) is 11.3 Å². The summed E-state index contributed by atoms with van der Waals surface area (Å²) >= 11 is 1.91. The summed E-state index contributed by atoms with van der Waals surface area (Å²) < 4.78 is 0. The molecule has 0 bridgehead atoms. The molecule has 0 heterocycles. The van der Waals surface area contributed by atoms with E-state index in [-0.39, 0.29) is 0 Å². The van der Waals surface area contributed by atoms with Gasteiger partial charge < -0.3 is 5.73 Å². The van der Waals surface area contributed by atoms with E-state index in [0.717, 1.165) is 6.54 Å². The minimum atomic E-state index is 0.350. The first kappa shape index (κ1) is 11.3. The lowest BCUT2D eigenvalue weighted by atomic mass is 9.77. The molecule has 2 heteroatoms. The molecule has 0 aromatic rings. The van der Waals surface area contributed by atoms with Crippen LogP contribution in [0.1, 0.15) is 27.2 Å². The quantitative estimate of drug-likeness (QED) is 0.694. The van der Waals surface area contributed by atoms with Gasteiger partial charge in [0.1, 0.15) is 0 Å². The molecule has 0 amide bonds. The zero-order valence-corrected chi connectivity index (χ0v) is 9.00. The van der Waals surface area contributed by atoms with E-state index in [4.69, 9.17) is 5.73 Å². The van der Waals surface area contributed by atoms with Gasteiger partial charge >= 0.3 is 0 Å². The molecule has 1 unspecified atom stereocenters. The number of rotatable bonds is 5. The van der Waals surface area contributed by atoms with Gasteiger partial charge in [0, 0.05) is 0 Å². The third kappa shape index (κ3) is 3.48. The lowest BCUT2D eigenvalue weighted by Crippen LogP contribution is -2.33. The fourth-order valence-corrected chi connectivity index (χ4v) is 1.63. The fourth-order valence-electron chi connectivity index (χ4n) is 0.962. The van der Waals surface area contributed by atoms with Crippen LogP contribution < -0.4 is 5.73 Å². The number of nitrogens with two attached hydrogens (primary N) is 1. The average molecular weight is 175 g/mol. The highest BCUT2D eigenvalue weighted by atomic mass is 32.2. The normalized spacial score (nSPS) is 16.9. The SMILES string of the molecule is CSCCC(C)(CN)C(C)C. The smallest absolute Gasteiger partial charge is 0.00204 e. The number of hydrogen-bond acceptors (Lipinski definition) is 2. The number of hydrogen-bond donors (Lipinski definition) is 1. The summed E-state index contributed by atoms with van der Waals surface area (Å²) in [6, 6.07) is 0. The molecule has 0 aliphatic heterocycles. The van der Waals surface area contributed by atoms with Crippen molar-refractivity contribution in [1.82, 2.24) is 0 Å². The molecular weight excluding hydrogens is 154 g/mol. The van der Waals surface area contributed by atoms with Gasteiger partial charge in [0.15, 0.2) is 0 Å². The molecule has 0 aliphatic rings. The van der Waals surface area contributed by atoms with E-state index >= 15 is 0 Å². The second-order valence-corrected chi connectivity index (χ2v) is 4.74. The summed E-state index contributed by atoms with van der Waals surface area (Å²) in [4.78, 5) is 0. The van der Waals surface area contributed by atoms with Crippen molar-refractivity contribution in [2.75, 3.05) is 18.6 Å². The van der Waals surface area contributed by atoms with E-state index in [2.05, 4.69) is 27.0 Å². The highest BCUT2D eigenvalue weighted by Crippen LogP contribution is 2.30. The molecule has 0 aromatic heterocycles. The van der Waals surface area contributed by atoms with Crippen molar-refractivity contribution >= 4 is 11.8 Å². The van der Waals surface area contributed by atoms with E-state index in [1.54, 1.807) is 0 Å². The van der Waals surface area contributed by atoms with Crippen LogP contribution in [0.2, 0.25) is 0 Å². The van der Waals surface area contributed by atoms with Crippen molar-refractivity contribution in [2.24, 2.45) is 17.1 Å². The van der Waals surface area contributed by atoms with E-state index in [1.165, 1.54) is 12.2 Å². The maximum Gasteiger partial charge on any atom is -0.00204 e. The Labute approximate surface area is 75.1 Å². The largest absolute Gasteiger partial charge is 0.330 e. The first-order chi connectivity index (χ1) is 5.06. The van der Waals surface area contributed by atoms with Crippen LogP contribution in [0.3, 0.4) is 0 Å². The van der Waals surface area contributed by atoms with Gasteiger partial charge in [-0.25, -0.2) is 0 Å². The van der Waals surface area contributed by atoms with E-state index < -0.39 is 0 Å². The lowest BCUT2D eigenvalue weighted by Gasteiger charge is -2.32. The predicted molar refractivity (Wildman–Crippen MR) is 55.0 cm³/mol. The predicted octanol–water partition coefficient (Wildman–Crippen LogP) is 2.36. The summed E-state index contributed by atoms with van der Waals surface area (Å²) in [5.74, 6) is 1.92. The highest BCUT2D eigenvalue weighted by Gasteiger charge is 2.25. The topological polar surface area (TPSA) is 26.0 Å². The van der Waals surface area contributed by atoms with Crippen LogP contribution in [0.25, 0.3) is 0 Å². The van der Waals surface area contributed by atoms with Crippen LogP contribution in [0.4, 0.5) is 0 Å². The maximum atomic E-state index is 5.74. The molecule has 0 spiro atoms. The first-order valence-electron chi connectivity index (χ1n) is 4.26. The van der Waals surface area contributed by atoms with Gasteiger partial charge in [-0.2, -0.15) is 11.8 Å². The lowest BCUT2D eigenvalue weighted by molar-refractivity contribution is 0.222. The Balaban J connectivity index is 3.88.